The van der Waals surface area contributed by atoms with Crippen LogP contribution in [0.25, 0.3) is 0 Å². The molecule has 3 heterocycles. The minimum Gasteiger partial charge on any atom is -0.465 e. The monoisotopic (exact) mass is 434 g/mol. The second kappa shape index (κ2) is 8.04. The van der Waals surface area contributed by atoms with Crippen molar-refractivity contribution in [2.24, 2.45) is 0 Å². The molecule has 1 aliphatic rings. The third kappa shape index (κ3) is 4.04. The van der Waals surface area contributed by atoms with E-state index >= 15 is 0 Å². The molecule has 0 aromatic carbocycles. The van der Waals surface area contributed by atoms with Crippen molar-refractivity contribution in [1.82, 2.24) is 15.3 Å². The molecule has 0 saturated carbocycles. The number of nitrogens with one attached hydrogen (secondary N) is 2. The number of ether oxygens (including phenoxy) is 1. The fraction of sp³-hybridized carbons (Fsp3) is 0.438. The van der Waals surface area contributed by atoms with Crippen LogP contribution in [-0.4, -0.2) is 54.3 Å². The van der Waals surface area contributed by atoms with E-state index in [0.717, 1.165) is 11.3 Å². The highest BCUT2D eigenvalue weighted by Crippen LogP contribution is 2.30. The molecule has 0 bridgehead atoms. The van der Waals surface area contributed by atoms with Crippen LogP contribution in [0.15, 0.2) is 6.20 Å². The molecule has 1 aliphatic heterocycles. The highest BCUT2D eigenvalue weighted by atomic mass is 35.5. The zero-order chi connectivity index (χ0) is 19.7. The molecule has 0 aliphatic carbocycles. The topological polar surface area (TPSA) is 87.3 Å². The van der Waals surface area contributed by atoms with Gasteiger partial charge in [0.2, 0.25) is 0 Å². The molecule has 2 aromatic rings. The number of methoxy groups -OCH3 is 1. The largest absolute Gasteiger partial charge is 0.465 e. The van der Waals surface area contributed by atoms with E-state index in [0.29, 0.717) is 28.7 Å². The molecule has 2 atom stereocenters. The lowest BCUT2D eigenvalue weighted by Gasteiger charge is -2.34. The maximum Gasteiger partial charge on any atom is 0.349 e. The van der Waals surface area contributed by atoms with Crippen molar-refractivity contribution >= 4 is 51.5 Å². The summed E-state index contributed by atoms with van der Waals surface area (Å²) in [6, 6.07) is -0.660. The van der Waals surface area contributed by atoms with Gasteiger partial charge in [0.1, 0.15) is 16.7 Å². The zero-order valence-corrected chi connectivity index (χ0v) is 16.8. The van der Waals surface area contributed by atoms with Crippen LogP contribution in [-0.2, 0) is 4.74 Å². The molecular weight excluding hydrogens is 418 g/mol. The van der Waals surface area contributed by atoms with Crippen molar-refractivity contribution in [2.75, 3.05) is 25.1 Å². The average molecular weight is 435 g/mol. The maximum atomic E-state index is 14.6. The number of halogens is 3. The van der Waals surface area contributed by atoms with E-state index < -0.39 is 24.1 Å². The van der Waals surface area contributed by atoms with E-state index in [9.17, 15) is 14.0 Å². The number of aromatic nitrogens is 2. The van der Waals surface area contributed by atoms with Crippen molar-refractivity contribution in [1.29, 1.82) is 0 Å². The fourth-order valence-electron chi connectivity index (χ4n) is 2.82. The maximum absolute atomic E-state index is 14.6. The predicted octanol–water partition coefficient (Wildman–Crippen LogP) is 3.22. The van der Waals surface area contributed by atoms with E-state index in [-0.39, 0.29) is 22.3 Å². The van der Waals surface area contributed by atoms with Crippen LogP contribution in [0.5, 0.6) is 0 Å². The molecule has 0 spiro atoms. The molecule has 7 nitrogen and oxygen atoms in total. The normalized spacial score (nSPS) is 19.8. The van der Waals surface area contributed by atoms with Crippen molar-refractivity contribution in [3.8, 4) is 0 Å². The minimum absolute atomic E-state index is 0.0529. The summed E-state index contributed by atoms with van der Waals surface area (Å²) in [5, 5.41) is 3.60. The minimum atomic E-state index is -1.31. The molecule has 11 heteroatoms. The number of amides is 1. The van der Waals surface area contributed by atoms with Gasteiger partial charge in [-0.2, -0.15) is 0 Å². The molecule has 1 amide bonds. The number of anilines is 1. The highest BCUT2D eigenvalue weighted by molar-refractivity contribution is 7.17. The Labute approximate surface area is 168 Å². The lowest BCUT2D eigenvalue weighted by molar-refractivity contribution is 0.0606. The summed E-state index contributed by atoms with van der Waals surface area (Å²) in [6.07, 6.45) is 0.482. The summed E-state index contributed by atoms with van der Waals surface area (Å²) in [5.74, 6) is -0.979. The molecule has 2 aromatic heterocycles. The van der Waals surface area contributed by atoms with Crippen LogP contribution in [0.1, 0.15) is 32.3 Å². The third-order valence-electron chi connectivity index (χ3n) is 4.29. The molecule has 27 heavy (non-hydrogen) atoms. The van der Waals surface area contributed by atoms with E-state index in [1.165, 1.54) is 13.3 Å². The Morgan fingerprint density at radius 2 is 2.19 bits per heavy atom. The molecule has 0 radical (unpaired) electrons. The van der Waals surface area contributed by atoms with Gasteiger partial charge in [0, 0.05) is 12.2 Å². The summed E-state index contributed by atoms with van der Waals surface area (Å²) >= 11 is 13.1. The van der Waals surface area contributed by atoms with Crippen LogP contribution in [0.4, 0.5) is 9.52 Å². The summed E-state index contributed by atoms with van der Waals surface area (Å²) in [7, 11) is 1.29. The Hall–Kier alpha value is -1.84. The lowest BCUT2D eigenvalue weighted by Crippen LogP contribution is -2.52. The van der Waals surface area contributed by atoms with Gasteiger partial charge in [-0.3, -0.25) is 4.79 Å². The first-order valence-electron chi connectivity index (χ1n) is 8.09. The number of hydrogen-bond donors (Lipinski definition) is 2. The van der Waals surface area contributed by atoms with Gasteiger partial charge in [0.15, 0.2) is 5.13 Å². The summed E-state index contributed by atoms with van der Waals surface area (Å²) in [5.41, 5.74) is 0.694. The number of rotatable bonds is 4. The average Bonchev–Trinajstić information content (AvgIpc) is 3.24. The number of thiazole rings is 1. The van der Waals surface area contributed by atoms with E-state index in [1.54, 1.807) is 11.8 Å². The first-order chi connectivity index (χ1) is 12.8. The van der Waals surface area contributed by atoms with Gasteiger partial charge in [0.25, 0.3) is 5.91 Å². The Kier molecular flexibility index (Phi) is 5.92. The van der Waals surface area contributed by atoms with Crippen LogP contribution in [0.2, 0.25) is 10.0 Å². The molecule has 1 fully saturated rings. The number of aromatic amines is 1. The standard InChI is InChI=1S/C16H17Cl2FN4O3S/c1-7-11(17)12(18)13(21-7)14(24)22-9-3-4-23(6-8(9)19)16-20-5-10(27-16)15(25)26-2/h5,8-9,21H,3-4,6H2,1-2H3,(H,22,24)/t8-,9+/m0/s1. The number of aryl methyl sites for hydroxylation is 1. The van der Waals surface area contributed by atoms with Crippen LogP contribution < -0.4 is 10.2 Å². The number of carbonyl (C=O) groups excluding carboxylic acids is 2. The predicted molar refractivity (Wildman–Crippen MR) is 102 cm³/mol. The van der Waals surface area contributed by atoms with Crippen LogP contribution in [0.3, 0.4) is 0 Å². The fourth-order valence-corrected chi connectivity index (χ4v) is 4.10. The van der Waals surface area contributed by atoms with Gasteiger partial charge in [0.05, 0.1) is 35.9 Å². The van der Waals surface area contributed by atoms with E-state index in [1.807, 2.05) is 0 Å². The van der Waals surface area contributed by atoms with Gasteiger partial charge in [-0.15, -0.1) is 0 Å². The smallest absolute Gasteiger partial charge is 0.349 e. The quantitative estimate of drug-likeness (QED) is 0.721. The first-order valence-corrected chi connectivity index (χ1v) is 9.66. The molecule has 1 saturated heterocycles. The molecule has 146 valence electrons. The number of H-pyrrole nitrogens is 1. The molecular formula is C16H17Cl2FN4O3S. The molecule has 0 unspecified atom stereocenters. The second-order valence-corrected chi connectivity index (χ2v) is 7.85. The number of esters is 1. The lowest BCUT2D eigenvalue weighted by atomic mass is 10.0. The van der Waals surface area contributed by atoms with Crippen LogP contribution in [0, 0.1) is 6.92 Å². The number of piperidine rings is 1. The van der Waals surface area contributed by atoms with Crippen molar-refractivity contribution in [3.63, 3.8) is 0 Å². The first kappa shape index (κ1) is 19.9. The SMILES string of the molecule is COC(=O)c1cnc(N2CC[C@@H](NC(=O)c3[nH]c(C)c(Cl)c3Cl)[C@@H](F)C2)s1. The number of carbonyl (C=O) groups is 2. The second-order valence-electron chi connectivity index (χ2n) is 6.08. The summed E-state index contributed by atoms with van der Waals surface area (Å²) < 4.78 is 19.3. The van der Waals surface area contributed by atoms with Gasteiger partial charge in [-0.05, 0) is 13.3 Å². The molecule has 2 N–H and O–H groups in total. The van der Waals surface area contributed by atoms with E-state index in [4.69, 9.17) is 23.2 Å². The van der Waals surface area contributed by atoms with Crippen LogP contribution >= 0.6 is 34.5 Å². The summed E-state index contributed by atoms with van der Waals surface area (Å²) in [4.78, 5) is 33.0. The Morgan fingerprint density at radius 1 is 1.44 bits per heavy atom. The molecule has 3 rings (SSSR count). The summed E-state index contributed by atoms with van der Waals surface area (Å²) in [6.45, 7) is 2.23. The zero-order valence-electron chi connectivity index (χ0n) is 14.5. The number of hydrogen-bond acceptors (Lipinski definition) is 6. The number of nitrogens with zero attached hydrogens (tertiary/aromatic N) is 2. The van der Waals surface area contributed by atoms with Gasteiger partial charge < -0.3 is 19.9 Å². The van der Waals surface area contributed by atoms with Crippen molar-refractivity contribution < 1.29 is 18.7 Å². The Morgan fingerprint density at radius 3 is 2.78 bits per heavy atom. The van der Waals surface area contributed by atoms with E-state index in [2.05, 4.69) is 20.0 Å². The van der Waals surface area contributed by atoms with Gasteiger partial charge in [-0.1, -0.05) is 34.5 Å². The Bertz CT molecular complexity index is 872. The van der Waals surface area contributed by atoms with Gasteiger partial charge in [-0.25, -0.2) is 14.2 Å². The highest BCUT2D eigenvalue weighted by Gasteiger charge is 2.33. The van der Waals surface area contributed by atoms with Gasteiger partial charge >= 0.3 is 5.97 Å². The third-order valence-corrected chi connectivity index (χ3v) is 6.27. The van der Waals surface area contributed by atoms with Crippen molar-refractivity contribution in [3.05, 3.63) is 32.5 Å². The number of alkyl halides is 1. The van der Waals surface area contributed by atoms with Crippen molar-refractivity contribution in [2.45, 2.75) is 25.6 Å². The Balaban J connectivity index is 1.63.